The minimum Gasteiger partial charge on any atom is -0.387 e. The van der Waals surface area contributed by atoms with Gasteiger partial charge in [-0.2, -0.15) is 5.26 Å². The summed E-state index contributed by atoms with van der Waals surface area (Å²) in [6, 6.07) is 7.23. The van der Waals surface area contributed by atoms with Crippen LogP contribution < -0.4 is 10.6 Å². The van der Waals surface area contributed by atoms with Crippen LogP contribution in [0.1, 0.15) is 43.1 Å². The van der Waals surface area contributed by atoms with Crippen LogP contribution in [-0.4, -0.2) is 73.8 Å². The first-order valence-corrected chi connectivity index (χ1v) is 11.6. The highest BCUT2D eigenvalue weighted by Gasteiger charge is 2.28. The highest BCUT2D eigenvalue weighted by atomic mass is 19.1. The number of aromatic nitrogens is 3. The van der Waals surface area contributed by atoms with Crippen molar-refractivity contribution in [3.05, 3.63) is 47.9 Å². The van der Waals surface area contributed by atoms with Crippen molar-refractivity contribution in [1.82, 2.24) is 24.8 Å². The van der Waals surface area contributed by atoms with Gasteiger partial charge in [-0.25, -0.2) is 14.4 Å². The maximum Gasteiger partial charge on any atom is 0.255 e. The normalized spacial score (nSPS) is 16.6. The molecule has 1 fully saturated rings. The van der Waals surface area contributed by atoms with Crippen molar-refractivity contribution >= 4 is 28.5 Å². The fraction of sp³-hybridized carbons (Fsp3) is 0.400. The van der Waals surface area contributed by atoms with Crippen LogP contribution in [0.3, 0.4) is 0 Å². The lowest BCUT2D eigenvalue weighted by Gasteiger charge is -2.23. The van der Waals surface area contributed by atoms with E-state index in [4.69, 9.17) is 5.26 Å². The molecule has 0 aliphatic carbocycles. The number of aliphatic hydroxyl groups is 1. The Hall–Kier alpha value is -4.04. The SMILES string of the molecule is CC(=O)N1CC[C@@H](Nc2cc(-n3ccc4cc(C#N)cnc43)ncc2C(=O)NC[C@@H](F)C(C)(C)O)C1. The zero-order valence-corrected chi connectivity index (χ0v) is 20.3. The molecule has 0 radical (unpaired) electrons. The predicted molar refractivity (Wildman–Crippen MR) is 131 cm³/mol. The van der Waals surface area contributed by atoms with Crippen LogP contribution in [0.25, 0.3) is 16.9 Å². The Morgan fingerprint density at radius 1 is 1.33 bits per heavy atom. The molecule has 0 spiro atoms. The van der Waals surface area contributed by atoms with Gasteiger partial charge >= 0.3 is 0 Å². The number of nitrogens with one attached hydrogen (secondary N) is 2. The molecule has 36 heavy (non-hydrogen) atoms. The van der Waals surface area contributed by atoms with Crippen molar-refractivity contribution in [2.45, 2.75) is 45.0 Å². The molecule has 1 aliphatic rings. The van der Waals surface area contributed by atoms with E-state index in [0.29, 0.717) is 42.2 Å². The second-order valence-electron chi connectivity index (χ2n) is 9.45. The van der Waals surface area contributed by atoms with Crippen LogP contribution >= 0.6 is 0 Å². The van der Waals surface area contributed by atoms with Gasteiger partial charge in [-0.05, 0) is 32.4 Å². The number of fused-ring (bicyclic) bond motifs is 1. The molecule has 3 N–H and O–H groups in total. The third-order valence-corrected chi connectivity index (χ3v) is 6.24. The number of carbonyl (C=O) groups is 2. The Bertz CT molecular complexity index is 1340. The van der Waals surface area contributed by atoms with Crippen molar-refractivity contribution in [3.63, 3.8) is 0 Å². The van der Waals surface area contributed by atoms with Crippen molar-refractivity contribution < 1.29 is 19.1 Å². The largest absolute Gasteiger partial charge is 0.387 e. The molecule has 3 aromatic heterocycles. The number of hydrogen-bond donors (Lipinski definition) is 3. The lowest BCUT2D eigenvalue weighted by atomic mass is 10.0. The summed E-state index contributed by atoms with van der Waals surface area (Å²) in [5.41, 5.74) is 0.126. The van der Waals surface area contributed by atoms with E-state index < -0.39 is 17.7 Å². The summed E-state index contributed by atoms with van der Waals surface area (Å²) in [4.78, 5) is 35.3. The van der Waals surface area contributed by atoms with Crippen LogP contribution in [0.15, 0.2) is 36.8 Å². The van der Waals surface area contributed by atoms with Gasteiger partial charge in [-0.1, -0.05) is 0 Å². The third-order valence-electron chi connectivity index (χ3n) is 6.24. The van der Waals surface area contributed by atoms with Crippen molar-refractivity contribution in [3.8, 4) is 11.9 Å². The molecule has 1 saturated heterocycles. The van der Waals surface area contributed by atoms with Gasteiger partial charge in [0.25, 0.3) is 5.91 Å². The number of amides is 2. The number of anilines is 1. The van der Waals surface area contributed by atoms with Crippen molar-refractivity contribution in [1.29, 1.82) is 5.26 Å². The van der Waals surface area contributed by atoms with Gasteiger partial charge in [-0.15, -0.1) is 0 Å². The van der Waals surface area contributed by atoms with Crippen molar-refractivity contribution in [2.75, 3.05) is 25.0 Å². The molecule has 0 aromatic carbocycles. The molecule has 0 unspecified atom stereocenters. The summed E-state index contributed by atoms with van der Waals surface area (Å²) >= 11 is 0. The summed E-state index contributed by atoms with van der Waals surface area (Å²) in [7, 11) is 0. The number of alkyl halides is 1. The molecule has 0 saturated carbocycles. The molecule has 1 aliphatic heterocycles. The van der Waals surface area contributed by atoms with Crippen molar-refractivity contribution in [2.24, 2.45) is 0 Å². The Morgan fingerprint density at radius 2 is 2.11 bits per heavy atom. The maximum atomic E-state index is 14.2. The highest BCUT2D eigenvalue weighted by molar-refractivity contribution is 5.99. The minimum atomic E-state index is -1.65. The molecule has 2 atom stereocenters. The predicted octanol–water partition coefficient (Wildman–Crippen LogP) is 2.16. The fourth-order valence-electron chi connectivity index (χ4n) is 4.06. The lowest BCUT2D eigenvalue weighted by molar-refractivity contribution is -0.127. The summed E-state index contributed by atoms with van der Waals surface area (Å²) in [6.07, 6.45) is 3.70. The van der Waals surface area contributed by atoms with E-state index >= 15 is 0 Å². The number of halogens is 1. The number of rotatable bonds is 7. The fourth-order valence-corrected chi connectivity index (χ4v) is 4.06. The molecule has 10 nitrogen and oxygen atoms in total. The Kier molecular flexibility index (Phi) is 6.90. The van der Waals surface area contributed by atoms with Gasteiger partial charge in [0, 0.05) is 56.1 Å². The first-order valence-electron chi connectivity index (χ1n) is 11.6. The van der Waals surface area contributed by atoms with Crippen LogP contribution in [0.4, 0.5) is 10.1 Å². The molecular formula is C25H28FN7O3. The van der Waals surface area contributed by atoms with E-state index in [0.717, 1.165) is 5.39 Å². The highest BCUT2D eigenvalue weighted by Crippen LogP contribution is 2.25. The first-order chi connectivity index (χ1) is 17.1. The van der Waals surface area contributed by atoms with Gasteiger partial charge in [-0.3, -0.25) is 14.2 Å². The Balaban J connectivity index is 1.66. The van der Waals surface area contributed by atoms with E-state index in [2.05, 4.69) is 26.7 Å². The number of carbonyl (C=O) groups excluding carboxylic acids is 2. The van der Waals surface area contributed by atoms with Crippen LogP contribution in [0, 0.1) is 11.3 Å². The second kappa shape index (κ2) is 9.91. The summed E-state index contributed by atoms with van der Waals surface area (Å²) in [6.45, 7) is 4.92. The maximum absolute atomic E-state index is 14.2. The van der Waals surface area contributed by atoms with E-state index in [-0.39, 0.29) is 24.1 Å². The van der Waals surface area contributed by atoms with E-state index in [1.807, 2.05) is 6.07 Å². The molecule has 2 amide bonds. The topological polar surface area (TPSA) is 136 Å². The smallest absolute Gasteiger partial charge is 0.255 e. The summed E-state index contributed by atoms with van der Waals surface area (Å²) in [5.74, 6) is -0.0727. The van der Waals surface area contributed by atoms with E-state index in [1.165, 1.54) is 33.2 Å². The quantitative estimate of drug-likeness (QED) is 0.459. The molecule has 4 rings (SSSR count). The average molecular weight is 494 g/mol. The lowest BCUT2D eigenvalue weighted by Crippen LogP contribution is -2.42. The summed E-state index contributed by atoms with van der Waals surface area (Å²) in [5, 5.41) is 25.6. The number of pyridine rings is 2. The third kappa shape index (κ3) is 5.28. The van der Waals surface area contributed by atoms with Gasteiger partial charge in [0.2, 0.25) is 5.91 Å². The van der Waals surface area contributed by atoms with Gasteiger partial charge < -0.3 is 20.6 Å². The van der Waals surface area contributed by atoms with Crippen LogP contribution in [0.5, 0.6) is 0 Å². The van der Waals surface area contributed by atoms with E-state index in [1.54, 1.807) is 27.8 Å². The van der Waals surface area contributed by atoms with Gasteiger partial charge in [0.05, 0.1) is 29.0 Å². The zero-order valence-electron chi connectivity index (χ0n) is 20.3. The standard InChI is InChI=1S/C25H28FN7O3/c1-15(34)32-6-5-18(14-32)31-20-9-22(33-7-4-17-8-16(10-27)11-29-23(17)33)28-12-19(20)24(35)30-13-21(26)25(2,3)36/h4,7-9,11-12,18,21,36H,5-6,13-14H2,1-3H3,(H,28,31)(H,30,35)/t18-,21-/m1/s1. The monoisotopic (exact) mass is 493 g/mol. The number of likely N-dealkylation sites (tertiary alicyclic amines) is 1. The molecular weight excluding hydrogens is 465 g/mol. The Morgan fingerprint density at radius 3 is 2.78 bits per heavy atom. The number of nitriles is 1. The molecule has 3 aromatic rings. The molecule has 4 heterocycles. The molecule has 11 heteroatoms. The van der Waals surface area contributed by atoms with Crippen LogP contribution in [-0.2, 0) is 4.79 Å². The second-order valence-corrected chi connectivity index (χ2v) is 9.45. The number of hydrogen-bond acceptors (Lipinski definition) is 7. The average Bonchev–Trinajstić information content (AvgIpc) is 3.48. The minimum absolute atomic E-state index is 0.0186. The Labute approximate surface area is 207 Å². The molecule has 188 valence electrons. The van der Waals surface area contributed by atoms with E-state index in [9.17, 15) is 19.1 Å². The summed E-state index contributed by atoms with van der Waals surface area (Å²) < 4.78 is 16.0. The molecule has 0 bridgehead atoms. The number of nitrogens with zero attached hydrogens (tertiary/aromatic N) is 5. The first kappa shape index (κ1) is 25.1. The van der Waals surface area contributed by atoms with Crippen LogP contribution in [0.2, 0.25) is 0 Å². The zero-order chi connectivity index (χ0) is 26.0. The van der Waals surface area contributed by atoms with Gasteiger partial charge in [0.15, 0.2) is 0 Å². The van der Waals surface area contributed by atoms with Gasteiger partial charge in [0.1, 0.15) is 23.7 Å².